The van der Waals surface area contributed by atoms with Crippen LogP contribution in [0.15, 0.2) is 50.7 Å². The summed E-state index contributed by atoms with van der Waals surface area (Å²) in [5.41, 5.74) is 7.52. The SMILES string of the molecule is CC(C)OC1CC=C(C2=NC=C(c3cccc4c3CC[C@@H]4NC(=O)N3CCNCC3)C2)C=C1I. The molecular formula is C27H33IN4O2. The third-order valence-corrected chi connectivity index (χ3v) is 7.98. The van der Waals surface area contributed by atoms with Gasteiger partial charge in [-0.1, -0.05) is 24.3 Å². The standard InChI is InChI=1S/C27H33IN4O2/c1-17(2)34-26-9-6-18(14-23(26)28)25-15-19(16-30-25)20-4-3-5-22-21(20)7-8-24(22)31-27(33)32-12-10-29-11-13-32/h3-6,14,16-17,24,26,29H,7-13,15H2,1-2H3,(H,31,33)/t24-,26?/m0/s1. The molecule has 34 heavy (non-hydrogen) atoms. The average Bonchev–Trinajstić information content (AvgIpc) is 3.48. The Kier molecular flexibility index (Phi) is 7.22. The number of aliphatic imine (C=N–C) groups is 1. The zero-order valence-corrected chi connectivity index (χ0v) is 22.1. The molecule has 2 heterocycles. The Labute approximate surface area is 215 Å². The molecule has 2 aliphatic carbocycles. The number of piperazine rings is 1. The van der Waals surface area contributed by atoms with Gasteiger partial charge in [-0.2, -0.15) is 0 Å². The number of ether oxygens (including phenoxy) is 1. The van der Waals surface area contributed by atoms with Gasteiger partial charge in [-0.25, -0.2) is 4.79 Å². The van der Waals surface area contributed by atoms with Gasteiger partial charge in [0, 0.05) is 42.4 Å². The molecule has 1 saturated heterocycles. The summed E-state index contributed by atoms with van der Waals surface area (Å²) in [6.07, 6.45) is 10.6. The lowest BCUT2D eigenvalue weighted by Crippen LogP contribution is -2.50. The second kappa shape index (κ2) is 10.3. The summed E-state index contributed by atoms with van der Waals surface area (Å²) in [5, 5.41) is 6.59. The van der Waals surface area contributed by atoms with Crippen LogP contribution in [0.4, 0.5) is 4.79 Å². The number of halogens is 1. The van der Waals surface area contributed by atoms with Gasteiger partial charge in [-0.15, -0.1) is 0 Å². The molecule has 2 aliphatic heterocycles. The molecule has 1 aromatic carbocycles. The van der Waals surface area contributed by atoms with E-state index in [-0.39, 0.29) is 24.3 Å². The molecular weight excluding hydrogens is 539 g/mol. The number of hydrogen-bond donors (Lipinski definition) is 2. The third-order valence-electron chi connectivity index (χ3n) is 6.98. The largest absolute Gasteiger partial charge is 0.370 e. The lowest BCUT2D eigenvalue weighted by Gasteiger charge is -2.29. The first-order valence-electron chi connectivity index (χ1n) is 12.4. The Morgan fingerprint density at radius 3 is 2.88 bits per heavy atom. The van der Waals surface area contributed by atoms with Gasteiger partial charge in [-0.05, 0) is 89.6 Å². The molecule has 0 radical (unpaired) electrons. The quantitative estimate of drug-likeness (QED) is 0.493. The van der Waals surface area contributed by atoms with Crippen LogP contribution in [0.1, 0.15) is 55.8 Å². The smallest absolute Gasteiger partial charge is 0.317 e. The van der Waals surface area contributed by atoms with E-state index in [0.29, 0.717) is 0 Å². The van der Waals surface area contributed by atoms with Gasteiger partial charge in [0.25, 0.3) is 0 Å². The van der Waals surface area contributed by atoms with Gasteiger partial charge in [-0.3, -0.25) is 4.99 Å². The number of nitrogens with one attached hydrogen (secondary N) is 2. The number of benzene rings is 1. The van der Waals surface area contributed by atoms with Crippen molar-refractivity contribution in [1.82, 2.24) is 15.5 Å². The summed E-state index contributed by atoms with van der Waals surface area (Å²) in [6, 6.07) is 6.66. The second-order valence-corrected chi connectivity index (χ2v) is 10.9. The predicted molar refractivity (Wildman–Crippen MR) is 145 cm³/mol. The number of hydrogen-bond acceptors (Lipinski definition) is 4. The van der Waals surface area contributed by atoms with Crippen LogP contribution in [0, 0.1) is 0 Å². The number of carbonyl (C=O) groups is 1. The minimum atomic E-state index is 0.0563. The van der Waals surface area contributed by atoms with Crippen molar-refractivity contribution in [3.05, 3.63) is 62.4 Å². The summed E-state index contributed by atoms with van der Waals surface area (Å²) in [7, 11) is 0. The van der Waals surface area contributed by atoms with Crippen molar-refractivity contribution >= 4 is 39.9 Å². The van der Waals surface area contributed by atoms with E-state index in [1.807, 2.05) is 11.1 Å². The van der Waals surface area contributed by atoms with Gasteiger partial charge in [0.05, 0.1) is 24.0 Å². The number of rotatable bonds is 5. The molecule has 0 aromatic heterocycles. The van der Waals surface area contributed by atoms with E-state index in [9.17, 15) is 4.79 Å². The minimum absolute atomic E-state index is 0.0563. The topological polar surface area (TPSA) is 66.0 Å². The Bertz CT molecular complexity index is 1080. The highest BCUT2D eigenvalue weighted by Gasteiger charge is 2.30. The van der Waals surface area contributed by atoms with Crippen LogP contribution in [0.2, 0.25) is 0 Å². The molecule has 2 atom stereocenters. The van der Waals surface area contributed by atoms with E-state index in [4.69, 9.17) is 9.73 Å². The molecule has 2 amide bonds. The maximum Gasteiger partial charge on any atom is 0.317 e. The van der Waals surface area contributed by atoms with Gasteiger partial charge in [0.15, 0.2) is 0 Å². The van der Waals surface area contributed by atoms with E-state index >= 15 is 0 Å². The first-order valence-corrected chi connectivity index (χ1v) is 13.4. The minimum Gasteiger partial charge on any atom is -0.370 e. The maximum absolute atomic E-state index is 12.8. The summed E-state index contributed by atoms with van der Waals surface area (Å²) in [6.45, 7) is 7.44. The molecule has 0 spiro atoms. The van der Waals surface area contributed by atoms with Crippen molar-refractivity contribution in [3.63, 3.8) is 0 Å². The lowest BCUT2D eigenvalue weighted by molar-refractivity contribution is 0.0357. The molecule has 1 unspecified atom stereocenters. The molecule has 4 aliphatic rings. The van der Waals surface area contributed by atoms with E-state index in [0.717, 1.165) is 57.6 Å². The van der Waals surface area contributed by atoms with Crippen LogP contribution in [-0.4, -0.2) is 55.0 Å². The van der Waals surface area contributed by atoms with Crippen molar-refractivity contribution in [1.29, 1.82) is 0 Å². The number of allylic oxidation sites excluding steroid dienone is 3. The maximum atomic E-state index is 12.8. The zero-order valence-electron chi connectivity index (χ0n) is 19.9. The van der Waals surface area contributed by atoms with Crippen molar-refractivity contribution < 1.29 is 9.53 Å². The monoisotopic (exact) mass is 572 g/mol. The Hall–Kier alpha value is -1.97. The average molecular weight is 572 g/mol. The summed E-state index contributed by atoms with van der Waals surface area (Å²) < 4.78 is 7.26. The number of nitrogens with zero attached hydrogens (tertiary/aromatic N) is 2. The number of fused-ring (bicyclic) bond motifs is 1. The number of urea groups is 1. The molecule has 0 bridgehead atoms. The second-order valence-electron chi connectivity index (χ2n) is 9.66. The van der Waals surface area contributed by atoms with Gasteiger partial charge < -0.3 is 20.3 Å². The van der Waals surface area contributed by atoms with Gasteiger partial charge in [0.1, 0.15) is 0 Å². The first-order chi connectivity index (χ1) is 16.5. The number of carbonyl (C=O) groups excluding carboxylic acids is 1. The van der Waals surface area contributed by atoms with E-state index in [2.05, 4.69) is 77.4 Å². The van der Waals surface area contributed by atoms with Crippen molar-refractivity contribution in [2.24, 2.45) is 4.99 Å². The van der Waals surface area contributed by atoms with Crippen molar-refractivity contribution in [2.45, 2.75) is 57.8 Å². The fourth-order valence-corrected chi connectivity index (χ4v) is 6.02. The molecule has 5 rings (SSSR count). The molecule has 6 nitrogen and oxygen atoms in total. The molecule has 0 saturated carbocycles. The molecule has 2 N–H and O–H groups in total. The summed E-state index contributed by atoms with van der Waals surface area (Å²) in [4.78, 5) is 19.5. The van der Waals surface area contributed by atoms with Crippen LogP contribution in [0.25, 0.3) is 5.57 Å². The van der Waals surface area contributed by atoms with Gasteiger partial charge >= 0.3 is 6.03 Å². The molecule has 1 fully saturated rings. The first kappa shape index (κ1) is 23.8. The van der Waals surface area contributed by atoms with Crippen molar-refractivity contribution in [3.8, 4) is 0 Å². The zero-order chi connectivity index (χ0) is 23.7. The van der Waals surface area contributed by atoms with Crippen LogP contribution >= 0.6 is 22.6 Å². The lowest BCUT2D eigenvalue weighted by atomic mass is 9.92. The highest BCUT2D eigenvalue weighted by molar-refractivity contribution is 14.1. The summed E-state index contributed by atoms with van der Waals surface area (Å²) in [5.74, 6) is 0. The number of amides is 2. The highest BCUT2D eigenvalue weighted by Crippen LogP contribution is 2.39. The highest BCUT2D eigenvalue weighted by atomic mass is 127. The fraction of sp³-hybridized carbons (Fsp3) is 0.481. The molecule has 180 valence electrons. The third kappa shape index (κ3) is 5.02. The van der Waals surface area contributed by atoms with Crippen molar-refractivity contribution in [2.75, 3.05) is 26.2 Å². The predicted octanol–water partition coefficient (Wildman–Crippen LogP) is 4.92. The van der Waals surface area contributed by atoms with E-state index in [1.165, 1.54) is 31.4 Å². The Morgan fingerprint density at radius 1 is 1.29 bits per heavy atom. The molecule has 1 aromatic rings. The van der Waals surface area contributed by atoms with Crippen LogP contribution < -0.4 is 10.6 Å². The van der Waals surface area contributed by atoms with Gasteiger partial charge in [0.2, 0.25) is 0 Å². The van der Waals surface area contributed by atoms with Crippen LogP contribution in [0.5, 0.6) is 0 Å². The van der Waals surface area contributed by atoms with E-state index < -0.39 is 0 Å². The van der Waals surface area contributed by atoms with E-state index in [1.54, 1.807) is 0 Å². The van der Waals surface area contributed by atoms with Crippen LogP contribution in [0.3, 0.4) is 0 Å². The fourth-order valence-electron chi connectivity index (χ4n) is 5.28. The normalized spacial score (nSPS) is 24.4. The Morgan fingerprint density at radius 2 is 2.12 bits per heavy atom. The molecule has 7 heteroatoms. The Balaban J connectivity index is 1.25. The summed E-state index contributed by atoms with van der Waals surface area (Å²) >= 11 is 2.40. The van der Waals surface area contributed by atoms with Crippen LogP contribution in [-0.2, 0) is 11.2 Å².